The standard InChI is InChI=1S/C22H18N2O5S/c1-29-20-12-15(8-9-19(20)25)11-18-22(26)17-6-2-3-7-21(17)30(27,28)24(18)14-16-5-4-10-23-13-16/h2-13,25H,14H2,1H3. The number of benzene rings is 2. The Kier molecular flexibility index (Phi) is 5.01. The van der Waals surface area contributed by atoms with E-state index in [-0.39, 0.29) is 34.2 Å². The Morgan fingerprint density at radius 2 is 1.93 bits per heavy atom. The lowest BCUT2D eigenvalue weighted by Crippen LogP contribution is -2.38. The van der Waals surface area contributed by atoms with E-state index in [2.05, 4.69) is 4.98 Å². The van der Waals surface area contributed by atoms with Crippen LogP contribution in [0, 0.1) is 0 Å². The van der Waals surface area contributed by atoms with Gasteiger partial charge < -0.3 is 9.84 Å². The summed E-state index contributed by atoms with van der Waals surface area (Å²) in [5.74, 6) is -0.245. The molecule has 0 atom stereocenters. The van der Waals surface area contributed by atoms with Crippen molar-refractivity contribution in [2.24, 2.45) is 0 Å². The number of aromatic nitrogens is 1. The van der Waals surface area contributed by atoms with Gasteiger partial charge in [-0.1, -0.05) is 24.3 Å². The molecular formula is C22H18N2O5S. The van der Waals surface area contributed by atoms with Crippen LogP contribution in [0.3, 0.4) is 0 Å². The van der Waals surface area contributed by atoms with Crippen LogP contribution in [0.5, 0.6) is 11.5 Å². The molecule has 1 aromatic heterocycles. The number of pyridine rings is 1. The zero-order valence-corrected chi connectivity index (χ0v) is 16.8. The van der Waals surface area contributed by atoms with Gasteiger partial charge in [-0.3, -0.25) is 14.1 Å². The summed E-state index contributed by atoms with van der Waals surface area (Å²) in [5, 5.41) is 9.83. The number of Topliss-reactive ketones (excluding diaryl/α,β-unsaturated/α-hetero) is 1. The van der Waals surface area contributed by atoms with E-state index in [9.17, 15) is 18.3 Å². The van der Waals surface area contributed by atoms with Gasteiger partial charge in [0, 0.05) is 18.0 Å². The number of rotatable bonds is 4. The van der Waals surface area contributed by atoms with Gasteiger partial charge in [0.05, 0.1) is 18.6 Å². The maximum Gasteiger partial charge on any atom is 0.265 e. The lowest BCUT2D eigenvalue weighted by atomic mass is 10.0. The molecule has 0 spiro atoms. The third-order valence-electron chi connectivity index (χ3n) is 4.76. The van der Waals surface area contributed by atoms with Crippen molar-refractivity contribution in [3.05, 3.63) is 89.4 Å². The summed E-state index contributed by atoms with van der Waals surface area (Å²) in [6.07, 6.45) is 4.63. The number of fused-ring (bicyclic) bond motifs is 1. The van der Waals surface area contributed by atoms with Gasteiger partial charge in [0.15, 0.2) is 11.5 Å². The Morgan fingerprint density at radius 3 is 2.67 bits per heavy atom. The quantitative estimate of drug-likeness (QED) is 0.649. The molecule has 1 N–H and O–H groups in total. The van der Waals surface area contributed by atoms with Gasteiger partial charge in [-0.05, 0) is 47.5 Å². The first-order chi connectivity index (χ1) is 14.4. The molecule has 0 radical (unpaired) electrons. The smallest absolute Gasteiger partial charge is 0.265 e. The van der Waals surface area contributed by atoms with Gasteiger partial charge in [-0.2, -0.15) is 0 Å². The van der Waals surface area contributed by atoms with Gasteiger partial charge in [0.25, 0.3) is 10.0 Å². The third kappa shape index (κ3) is 3.42. The summed E-state index contributed by atoms with van der Waals surface area (Å²) < 4.78 is 33.0. The van der Waals surface area contributed by atoms with Crippen molar-refractivity contribution in [1.29, 1.82) is 0 Å². The second kappa shape index (κ2) is 7.64. The van der Waals surface area contributed by atoms with E-state index in [4.69, 9.17) is 4.74 Å². The first kappa shape index (κ1) is 19.7. The molecule has 4 rings (SSSR count). The number of carbonyl (C=O) groups is 1. The number of ether oxygens (including phenoxy) is 1. The van der Waals surface area contributed by atoms with Crippen molar-refractivity contribution in [1.82, 2.24) is 9.29 Å². The minimum absolute atomic E-state index is 0.00490. The van der Waals surface area contributed by atoms with Gasteiger partial charge in [0.1, 0.15) is 5.70 Å². The summed E-state index contributed by atoms with van der Waals surface area (Å²) in [4.78, 5) is 17.3. The number of phenols is 1. The predicted octanol–water partition coefficient (Wildman–Crippen LogP) is 3.22. The van der Waals surface area contributed by atoms with Crippen molar-refractivity contribution in [3.63, 3.8) is 0 Å². The van der Waals surface area contributed by atoms with Crippen LogP contribution in [-0.2, 0) is 16.6 Å². The minimum atomic E-state index is -3.97. The molecule has 2 heterocycles. The van der Waals surface area contributed by atoms with E-state index in [0.29, 0.717) is 11.1 Å². The fourth-order valence-electron chi connectivity index (χ4n) is 3.29. The molecule has 0 fully saturated rings. The normalized spacial score (nSPS) is 16.4. The maximum atomic E-state index is 13.4. The number of sulfonamides is 1. The topological polar surface area (TPSA) is 96.8 Å². The molecular weight excluding hydrogens is 404 g/mol. The first-order valence-corrected chi connectivity index (χ1v) is 10.5. The Labute approximate surface area is 173 Å². The van der Waals surface area contributed by atoms with Crippen molar-refractivity contribution >= 4 is 21.9 Å². The lowest BCUT2D eigenvalue weighted by molar-refractivity contribution is 0.100. The van der Waals surface area contributed by atoms with E-state index in [1.54, 1.807) is 42.7 Å². The highest BCUT2D eigenvalue weighted by Gasteiger charge is 2.39. The highest BCUT2D eigenvalue weighted by Crippen LogP contribution is 2.35. The van der Waals surface area contributed by atoms with Crippen LogP contribution in [0.4, 0.5) is 0 Å². The molecule has 8 heteroatoms. The zero-order chi connectivity index (χ0) is 21.3. The molecule has 2 aromatic carbocycles. The molecule has 30 heavy (non-hydrogen) atoms. The minimum Gasteiger partial charge on any atom is -0.504 e. The lowest BCUT2D eigenvalue weighted by Gasteiger charge is -2.31. The van der Waals surface area contributed by atoms with Crippen molar-refractivity contribution in [2.75, 3.05) is 7.11 Å². The predicted molar refractivity (Wildman–Crippen MR) is 110 cm³/mol. The van der Waals surface area contributed by atoms with Crippen LogP contribution in [-0.4, -0.2) is 35.7 Å². The van der Waals surface area contributed by atoms with Crippen molar-refractivity contribution in [2.45, 2.75) is 11.4 Å². The van der Waals surface area contributed by atoms with Crippen molar-refractivity contribution in [3.8, 4) is 11.5 Å². The van der Waals surface area contributed by atoms with E-state index >= 15 is 0 Å². The van der Waals surface area contributed by atoms with Gasteiger partial charge in [-0.15, -0.1) is 0 Å². The van der Waals surface area contributed by atoms with Gasteiger partial charge >= 0.3 is 0 Å². The second-order valence-corrected chi connectivity index (χ2v) is 8.49. The molecule has 1 aliphatic heterocycles. The number of hydrogen-bond acceptors (Lipinski definition) is 6. The number of carbonyl (C=O) groups excluding carboxylic acids is 1. The van der Waals surface area contributed by atoms with Crippen LogP contribution in [0.2, 0.25) is 0 Å². The van der Waals surface area contributed by atoms with E-state index in [0.717, 1.165) is 4.31 Å². The maximum absolute atomic E-state index is 13.4. The molecule has 1 aliphatic rings. The van der Waals surface area contributed by atoms with Crippen LogP contribution >= 0.6 is 0 Å². The fourth-order valence-corrected chi connectivity index (χ4v) is 4.93. The van der Waals surface area contributed by atoms with E-state index in [1.165, 1.54) is 37.5 Å². The summed E-state index contributed by atoms with van der Waals surface area (Å²) in [5.41, 5.74) is 1.28. The second-order valence-electron chi connectivity index (χ2n) is 6.66. The average Bonchev–Trinajstić information content (AvgIpc) is 2.76. The molecule has 0 aliphatic carbocycles. The number of hydrogen-bond donors (Lipinski definition) is 1. The Balaban J connectivity index is 1.90. The fraction of sp³-hybridized carbons (Fsp3) is 0.0909. The van der Waals surface area contributed by atoms with Crippen LogP contribution in [0.15, 0.2) is 77.6 Å². The molecule has 0 amide bonds. The summed E-state index contributed by atoms with van der Waals surface area (Å²) in [6.45, 7) is -0.0443. The molecule has 0 saturated carbocycles. The number of allylic oxidation sites excluding steroid dienone is 1. The van der Waals surface area contributed by atoms with E-state index in [1.807, 2.05) is 0 Å². The highest BCUT2D eigenvalue weighted by molar-refractivity contribution is 7.89. The molecule has 7 nitrogen and oxygen atoms in total. The number of phenolic OH excluding ortho intramolecular Hbond substituents is 1. The van der Waals surface area contributed by atoms with Gasteiger partial charge in [-0.25, -0.2) is 8.42 Å². The molecule has 0 unspecified atom stereocenters. The summed E-state index contributed by atoms with van der Waals surface area (Å²) in [7, 11) is -2.56. The zero-order valence-electron chi connectivity index (χ0n) is 16.0. The SMILES string of the molecule is COc1cc(C=C2C(=O)c3ccccc3S(=O)(=O)N2Cc2cccnc2)ccc1O. The van der Waals surface area contributed by atoms with Crippen LogP contribution in [0.25, 0.3) is 6.08 Å². The monoisotopic (exact) mass is 422 g/mol. The van der Waals surface area contributed by atoms with E-state index < -0.39 is 15.8 Å². The third-order valence-corrected chi connectivity index (χ3v) is 6.58. The Morgan fingerprint density at radius 1 is 1.13 bits per heavy atom. The highest BCUT2D eigenvalue weighted by atomic mass is 32.2. The number of aromatic hydroxyl groups is 1. The van der Waals surface area contributed by atoms with Crippen LogP contribution < -0.4 is 4.74 Å². The average molecular weight is 422 g/mol. The number of nitrogens with zero attached hydrogens (tertiary/aromatic N) is 2. The Bertz CT molecular complexity index is 1250. The molecule has 0 saturated heterocycles. The van der Waals surface area contributed by atoms with Crippen LogP contribution in [0.1, 0.15) is 21.5 Å². The van der Waals surface area contributed by atoms with Crippen molar-refractivity contribution < 1.29 is 23.1 Å². The summed E-state index contributed by atoms with van der Waals surface area (Å²) in [6, 6.07) is 14.1. The van der Waals surface area contributed by atoms with Gasteiger partial charge in [0.2, 0.25) is 5.78 Å². The molecule has 0 bridgehead atoms. The number of methoxy groups -OCH3 is 1. The Hall–Kier alpha value is -3.65. The molecule has 3 aromatic rings. The first-order valence-electron chi connectivity index (χ1n) is 9.06. The number of ketones is 1. The molecule has 152 valence electrons. The largest absolute Gasteiger partial charge is 0.504 e. The summed E-state index contributed by atoms with van der Waals surface area (Å²) >= 11 is 0.